The zero-order valence-electron chi connectivity index (χ0n) is 16.5. The van der Waals surface area contributed by atoms with Gasteiger partial charge in [-0.3, -0.25) is 19.2 Å². The van der Waals surface area contributed by atoms with Gasteiger partial charge in [-0.25, -0.2) is 14.8 Å². The summed E-state index contributed by atoms with van der Waals surface area (Å²) in [7, 11) is 0. The second-order valence-electron chi connectivity index (χ2n) is 7.49. The van der Waals surface area contributed by atoms with Gasteiger partial charge in [0.1, 0.15) is 5.82 Å². The van der Waals surface area contributed by atoms with Crippen LogP contribution in [0.15, 0.2) is 79.0 Å². The van der Waals surface area contributed by atoms with Gasteiger partial charge >= 0.3 is 0 Å². The Morgan fingerprint density at radius 1 is 0.500 bits per heavy atom. The monoisotopic (exact) mass is 419 g/mol. The number of carbonyl (C=O) groups is 4. The van der Waals surface area contributed by atoms with Gasteiger partial charge in [0.25, 0.3) is 23.6 Å². The van der Waals surface area contributed by atoms with Gasteiger partial charge < -0.3 is 0 Å². The Kier molecular flexibility index (Phi) is 3.64. The largest absolute Gasteiger partial charge is 0.268 e. The summed E-state index contributed by atoms with van der Waals surface area (Å²) < 4.78 is 0. The van der Waals surface area contributed by atoms with E-state index < -0.39 is 23.6 Å². The Hall–Kier alpha value is -4.65. The van der Waals surface area contributed by atoms with E-state index in [1.807, 2.05) is 0 Å². The molecule has 4 aromatic rings. The molecule has 2 aliphatic rings. The molecule has 2 aliphatic heterocycles. The van der Waals surface area contributed by atoms with Crippen molar-refractivity contribution < 1.29 is 19.2 Å². The highest BCUT2D eigenvalue weighted by Gasteiger charge is 2.40. The van der Waals surface area contributed by atoms with Crippen LogP contribution in [-0.2, 0) is 0 Å². The van der Waals surface area contributed by atoms with Crippen LogP contribution in [0.1, 0.15) is 41.4 Å². The number of benzene rings is 3. The summed E-state index contributed by atoms with van der Waals surface area (Å²) >= 11 is 0. The first kappa shape index (κ1) is 18.1. The van der Waals surface area contributed by atoms with Crippen LogP contribution in [0.25, 0.3) is 10.8 Å². The summed E-state index contributed by atoms with van der Waals surface area (Å²) in [6.45, 7) is 0. The number of rotatable bonds is 2. The molecule has 4 amide bonds. The number of aromatic nitrogens is 1. The highest BCUT2D eigenvalue weighted by atomic mass is 16.2. The van der Waals surface area contributed by atoms with Crippen molar-refractivity contribution in [1.82, 2.24) is 4.98 Å². The first-order chi connectivity index (χ1) is 15.6. The molecule has 0 spiro atoms. The molecule has 7 heteroatoms. The third-order valence-corrected chi connectivity index (χ3v) is 5.79. The van der Waals surface area contributed by atoms with Crippen LogP contribution in [0, 0.1) is 0 Å². The maximum absolute atomic E-state index is 13.3. The number of pyridine rings is 1. The van der Waals surface area contributed by atoms with Gasteiger partial charge in [0.05, 0.1) is 5.69 Å². The molecular weight excluding hydrogens is 406 g/mol. The zero-order valence-corrected chi connectivity index (χ0v) is 16.5. The number of amides is 4. The van der Waals surface area contributed by atoms with Crippen molar-refractivity contribution in [2.75, 3.05) is 9.80 Å². The van der Waals surface area contributed by atoms with Gasteiger partial charge in [0.2, 0.25) is 0 Å². The molecule has 32 heavy (non-hydrogen) atoms. The molecule has 0 fully saturated rings. The Balaban J connectivity index is 1.59. The number of para-hydroxylation sites is 1. The highest BCUT2D eigenvalue weighted by Crippen LogP contribution is 2.39. The molecule has 3 heterocycles. The van der Waals surface area contributed by atoms with E-state index in [2.05, 4.69) is 4.98 Å². The number of hydrogen-bond acceptors (Lipinski definition) is 5. The van der Waals surface area contributed by atoms with Crippen LogP contribution < -0.4 is 9.80 Å². The lowest BCUT2D eigenvalue weighted by Crippen LogP contribution is -2.43. The maximum Gasteiger partial charge on any atom is 0.267 e. The molecule has 0 N–H and O–H groups in total. The molecule has 0 aliphatic carbocycles. The van der Waals surface area contributed by atoms with E-state index in [1.54, 1.807) is 60.7 Å². The second kappa shape index (κ2) is 6.42. The van der Waals surface area contributed by atoms with E-state index in [1.165, 1.54) is 18.3 Å². The predicted molar refractivity (Wildman–Crippen MR) is 117 cm³/mol. The number of anilines is 2. The normalized spacial score (nSPS) is 15.0. The Morgan fingerprint density at radius 3 is 1.44 bits per heavy atom. The first-order valence-corrected chi connectivity index (χ1v) is 9.91. The van der Waals surface area contributed by atoms with E-state index in [4.69, 9.17) is 0 Å². The lowest BCUT2D eigenvalue weighted by Gasteiger charge is -2.31. The van der Waals surface area contributed by atoms with Gasteiger partial charge in [-0.2, -0.15) is 0 Å². The highest BCUT2D eigenvalue weighted by molar-refractivity contribution is 6.42. The van der Waals surface area contributed by atoms with Gasteiger partial charge in [-0.1, -0.05) is 24.3 Å². The molecule has 0 atom stereocenters. The Morgan fingerprint density at radius 2 is 0.969 bits per heavy atom. The van der Waals surface area contributed by atoms with Crippen LogP contribution in [0.2, 0.25) is 0 Å². The molecule has 0 saturated heterocycles. The topological polar surface area (TPSA) is 87.7 Å². The average Bonchev–Trinajstić information content (AvgIpc) is 2.83. The fraction of sp³-hybridized carbons (Fsp3) is 0. The zero-order chi connectivity index (χ0) is 22.0. The van der Waals surface area contributed by atoms with Crippen molar-refractivity contribution in [2.45, 2.75) is 0 Å². The molecular formula is C25H13N3O4. The minimum atomic E-state index is -0.546. The van der Waals surface area contributed by atoms with Gasteiger partial charge in [0, 0.05) is 39.2 Å². The summed E-state index contributed by atoms with van der Waals surface area (Å²) in [5.74, 6) is -1.87. The SMILES string of the molecule is O=C1c2ccc3c4c(ccc(c24)C(=O)N1c1ccccc1)C(=O)N(c1ccccn1)C3=O. The molecule has 0 bridgehead atoms. The molecule has 1 aromatic heterocycles. The molecule has 7 nitrogen and oxygen atoms in total. The van der Waals surface area contributed by atoms with Crippen molar-refractivity contribution in [2.24, 2.45) is 0 Å². The fourth-order valence-electron chi connectivity index (χ4n) is 4.38. The maximum atomic E-state index is 13.3. The third kappa shape index (κ3) is 2.27. The van der Waals surface area contributed by atoms with Gasteiger partial charge in [0.15, 0.2) is 0 Å². The number of nitrogens with zero attached hydrogens (tertiary/aromatic N) is 3. The second-order valence-corrected chi connectivity index (χ2v) is 7.49. The fourth-order valence-corrected chi connectivity index (χ4v) is 4.38. The summed E-state index contributed by atoms with van der Waals surface area (Å²) in [5.41, 5.74) is 1.50. The van der Waals surface area contributed by atoms with Gasteiger partial charge in [-0.05, 0) is 48.5 Å². The minimum absolute atomic E-state index is 0.212. The van der Waals surface area contributed by atoms with Gasteiger partial charge in [-0.15, -0.1) is 0 Å². The molecule has 0 radical (unpaired) electrons. The number of imide groups is 2. The minimum Gasteiger partial charge on any atom is -0.268 e. The Bertz CT molecular complexity index is 1310. The van der Waals surface area contributed by atoms with E-state index in [0.717, 1.165) is 9.80 Å². The lowest BCUT2D eigenvalue weighted by atomic mass is 9.86. The van der Waals surface area contributed by atoms with Crippen molar-refractivity contribution in [3.05, 3.63) is 101 Å². The van der Waals surface area contributed by atoms with Crippen LogP contribution >= 0.6 is 0 Å². The molecule has 0 unspecified atom stereocenters. The summed E-state index contributed by atoms with van der Waals surface area (Å²) in [6, 6.07) is 19.8. The molecule has 3 aromatic carbocycles. The van der Waals surface area contributed by atoms with Crippen molar-refractivity contribution >= 4 is 45.9 Å². The summed E-state index contributed by atoms with van der Waals surface area (Å²) in [6.07, 6.45) is 1.50. The van der Waals surface area contributed by atoms with Crippen LogP contribution in [0.3, 0.4) is 0 Å². The predicted octanol–water partition coefficient (Wildman–Crippen LogP) is 3.84. The number of carbonyl (C=O) groups excluding carboxylic acids is 4. The molecule has 152 valence electrons. The summed E-state index contributed by atoms with van der Waals surface area (Å²) in [4.78, 5) is 59.4. The van der Waals surface area contributed by atoms with E-state index in [9.17, 15) is 19.2 Å². The average molecular weight is 419 g/mol. The summed E-state index contributed by atoms with van der Waals surface area (Å²) in [5, 5.41) is 0.668. The standard InChI is InChI=1S/C25H13N3O4/c29-22-15-9-11-17-21-18(25(32)28(24(17)31)19-8-4-5-13-26-19)12-10-16(20(15)21)23(30)27(22)14-6-2-1-3-7-14/h1-13H. The third-order valence-electron chi connectivity index (χ3n) is 5.79. The number of hydrogen-bond donors (Lipinski definition) is 0. The van der Waals surface area contributed by atoms with Crippen molar-refractivity contribution in [1.29, 1.82) is 0 Å². The van der Waals surface area contributed by atoms with E-state index in [-0.39, 0.29) is 28.1 Å². The van der Waals surface area contributed by atoms with E-state index >= 15 is 0 Å². The quantitative estimate of drug-likeness (QED) is 0.461. The lowest BCUT2D eigenvalue weighted by molar-refractivity contribution is 0.0872. The Labute approximate surface area is 181 Å². The van der Waals surface area contributed by atoms with Crippen LogP contribution in [-0.4, -0.2) is 28.6 Å². The van der Waals surface area contributed by atoms with Crippen molar-refractivity contribution in [3.8, 4) is 0 Å². The smallest absolute Gasteiger partial charge is 0.267 e. The van der Waals surface area contributed by atoms with Crippen LogP contribution in [0.5, 0.6) is 0 Å². The first-order valence-electron chi connectivity index (χ1n) is 9.91. The van der Waals surface area contributed by atoms with Crippen LogP contribution in [0.4, 0.5) is 11.5 Å². The van der Waals surface area contributed by atoms with E-state index in [0.29, 0.717) is 16.5 Å². The molecule has 0 saturated carbocycles. The van der Waals surface area contributed by atoms with Crippen molar-refractivity contribution in [3.63, 3.8) is 0 Å². The molecule has 6 rings (SSSR count).